The van der Waals surface area contributed by atoms with E-state index in [-0.39, 0.29) is 23.2 Å². The summed E-state index contributed by atoms with van der Waals surface area (Å²) in [6.07, 6.45) is 6.93. The molecular formula is C21H29N5O2. The Morgan fingerprint density at radius 1 is 1.32 bits per heavy atom. The molecule has 28 heavy (non-hydrogen) atoms. The minimum atomic E-state index is -0.367. The Bertz CT molecular complexity index is 1200. The molecule has 3 aromatic rings. The van der Waals surface area contributed by atoms with Gasteiger partial charge in [0, 0.05) is 31.5 Å². The topological polar surface area (TPSA) is 66.2 Å². The van der Waals surface area contributed by atoms with E-state index in [2.05, 4.69) is 38.8 Å². The van der Waals surface area contributed by atoms with E-state index in [0.717, 1.165) is 24.3 Å². The summed E-state index contributed by atoms with van der Waals surface area (Å²) in [5.74, 6) is 1.38. The number of hydrogen-bond donors (Lipinski definition) is 0. The molecule has 150 valence electrons. The predicted molar refractivity (Wildman–Crippen MR) is 111 cm³/mol. The minimum absolute atomic E-state index is 0.183. The van der Waals surface area contributed by atoms with Crippen LogP contribution in [-0.4, -0.2) is 23.1 Å². The van der Waals surface area contributed by atoms with Gasteiger partial charge in [-0.25, -0.2) is 4.79 Å². The van der Waals surface area contributed by atoms with E-state index in [1.54, 1.807) is 13.1 Å². The number of aryl methyl sites for hydroxylation is 2. The second kappa shape index (κ2) is 6.22. The summed E-state index contributed by atoms with van der Waals surface area (Å²) in [7, 11) is 1.67. The van der Waals surface area contributed by atoms with E-state index >= 15 is 0 Å². The second-order valence-electron chi connectivity index (χ2n) is 9.21. The first-order valence-electron chi connectivity index (χ1n) is 9.95. The molecule has 0 unspecified atom stereocenters. The molecule has 1 fully saturated rings. The van der Waals surface area contributed by atoms with Crippen LogP contribution in [0.25, 0.3) is 16.9 Å². The smallest absolute Gasteiger partial charge is 0.311 e. The molecule has 3 aromatic heterocycles. The van der Waals surface area contributed by atoms with E-state index in [1.807, 2.05) is 10.6 Å². The molecule has 0 aliphatic heterocycles. The number of aromatic nitrogens is 5. The Kier molecular flexibility index (Phi) is 4.17. The van der Waals surface area contributed by atoms with Crippen molar-refractivity contribution >= 4 is 16.9 Å². The highest BCUT2D eigenvalue weighted by Crippen LogP contribution is 2.44. The average Bonchev–Trinajstić information content (AvgIpc) is 3.09. The maximum atomic E-state index is 13.1. The molecule has 2 atom stereocenters. The lowest BCUT2D eigenvalue weighted by Gasteiger charge is -2.39. The van der Waals surface area contributed by atoms with Gasteiger partial charge in [0.25, 0.3) is 5.56 Å². The highest BCUT2D eigenvalue weighted by atomic mass is 16.2. The van der Waals surface area contributed by atoms with E-state index in [1.165, 1.54) is 15.6 Å². The van der Waals surface area contributed by atoms with Crippen LogP contribution in [0.2, 0.25) is 0 Å². The fraction of sp³-hybridized carbons (Fsp3) is 0.571. The third-order valence-electron chi connectivity index (χ3n) is 6.11. The second-order valence-corrected chi connectivity index (χ2v) is 9.21. The summed E-state index contributed by atoms with van der Waals surface area (Å²) in [5.41, 5.74) is 1.55. The number of allylic oxidation sites excluding steroid dienone is 1. The highest BCUT2D eigenvalue weighted by molar-refractivity contribution is 5.75. The highest BCUT2D eigenvalue weighted by Gasteiger charge is 2.34. The number of imidazole rings is 2. The van der Waals surface area contributed by atoms with Crippen molar-refractivity contribution in [3.63, 3.8) is 0 Å². The van der Waals surface area contributed by atoms with Gasteiger partial charge in [0.1, 0.15) is 0 Å². The van der Waals surface area contributed by atoms with Gasteiger partial charge in [-0.1, -0.05) is 26.8 Å². The van der Waals surface area contributed by atoms with E-state index in [0.29, 0.717) is 23.1 Å². The SMILES string of the molecule is C=CCn1c(=O)c2c(nc3n([C@H]4C[C@H](C)CC(C)(C)C4)c(C)cn23)n(C)c1=O. The quantitative estimate of drug-likeness (QED) is 0.653. The monoisotopic (exact) mass is 383 g/mol. The van der Waals surface area contributed by atoms with Crippen LogP contribution in [0.5, 0.6) is 0 Å². The maximum Gasteiger partial charge on any atom is 0.332 e. The molecule has 0 radical (unpaired) electrons. The zero-order valence-electron chi connectivity index (χ0n) is 17.4. The fourth-order valence-electron chi connectivity index (χ4n) is 5.26. The molecule has 3 heterocycles. The van der Waals surface area contributed by atoms with E-state index < -0.39 is 0 Å². The number of fused-ring (bicyclic) bond motifs is 3. The molecular weight excluding hydrogens is 354 g/mol. The van der Waals surface area contributed by atoms with Crippen LogP contribution in [-0.2, 0) is 13.6 Å². The van der Waals surface area contributed by atoms with E-state index in [4.69, 9.17) is 4.98 Å². The molecule has 0 spiro atoms. The molecule has 0 bridgehead atoms. The number of rotatable bonds is 3. The number of hydrogen-bond acceptors (Lipinski definition) is 3. The Morgan fingerprint density at radius 2 is 2.04 bits per heavy atom. The third-order valence-corrected chi connectivity index (χ3v) is 6.11. The molecule has 7 heteroatoms. The summed E-state index contributed by atoms with van der Waals surface area (Å²) in [6.45, 7) is 12.9. The molecule has 7 nitrogen and oxygen atoms in total. The lowest BCUT2D eigenvalue weighted by molar-refractivity contribution is 0.138. The Labute approximate surface area is 163 Å². The predicted octanol–water partition coefficient (Wildman–Crippen LogP) is 3.03. The molecule has 1 aliphatic carbocycles. The lowest BCUT2D eigenvalue weighted by Crippen LogP contribution is -2.39. The summed E-state index contributed by atoms with van der Waals surface area (Å²) >= 11 is 0. The van der Waals surface area contributed by atoms with Crippen LogP contribution in [0.15, 0.2) is 28.4 Å². The van der Waals surface area contributed by atoms with Crippen LogP contribution in [0.3, 0.4) is 0 Å². The van der Waals surface area contributed by atoms with Gasteiger partial charge in [-0.3, -0.25) is 18.3 Å². The van der Waals surface area contributed by atoms with Gasteiger partial charge in [0.05, 0.1) is 0 Å². The Balaban J connectivity index is 2.01. The first-order chi connectivity index (χ1) is 13.1. The summed E-state index contributed by atoms with van der Waals surface area (Å²) in [5, 5.41) is 0. The molecule has 4 rings (SSSR count). The maximum absolute atomic E-state index is 13.1. The molecule has 0 N–H and O–H groups in total. The van der Waals surface area contributed by atoms with Gasteiger partial charge in [0.15, 0.2) is 11.2 Å². The van der Waals surface area contributed by atoms with Crippen LogP contribution in [0, 0.1) is 18.3 Å². The standard InChI is InChI=1S/C21H29N5O2/c1-7-8-24-18(27)16-17(23(6)20(24)28)22-19-25(16)12-14(3)26(19)15-9-13(2)10-21(4,5)11-15/h7,12-13,15H,1,8-11H2,2-6H3/t13-,15-/m0/s1. The van der Waals surface area contributed by atoms with Crippen LogP contribution in [0.4, 0.5) is 0 Å². The average molecular weight is 383 g/mol. The van der Waals surface area contributed by atoms with Crippen molar-refractivity contribution in [1.29, 1.82) is 0 Å². The van der Waals surface area contributed by atoms with Gasteiger partial charge in [-0.05, 0) is 37.5 Å². The van der Waals surface area contributed by atoms with Crippen molar-refractivity contribution < 1.29 is 0 Å². The van der Waals surface area contributed by atoms with Crippen molar-refractivity contribution in [3.8, 4) is 0 Å². The number of nitrogens with zero attached hydrogens (tertiary/aromatic N) is 5. The van der Waals surface area contributed by atoms with Crippen LogP contribution in [0.1, 0.15) is 51.8 Å². The van der Waals surface area contributed by atoms with Gasteiger partial charge >= 0.3 is 5.69 Å². The molecule has 0 amide bonds. The van der Waals surface area contributed by atoms with Gasteiger partial charge < -0.3 is 4.57 Å². The molecule has 0 aromatic carbocycles. The minimum Gasteiger partial charge on any atom is -0.311 e. The van der Waals surface area contributed by atoms with Crippen molar-refractivity contribution in [1.82, 2.24) is 23.1 Å². The first kappa shape index (κ1) is 18.8. The van der Waals surface area contributed by atoms with Crippen LogP contribution < -0.4 is 11.2 Å². The van der Waals surface area contributed by atoms with Gasteiger partial charge in [0.2, 0.25) is 5.78 Å². The largest absolute Gasteiger partial charge is 0.332 e. The van der Waals surface area contributed by atoms with Crippen molar-refractivity contribution in [2.45, 2.75) is 59.5 Å². The summed E-state index contributed by atoms with van der Waals surface area (Å²) < 4.78 is 6.79. The van der Waals surface area contributed by atoms with Crippen molar-refractivity contribution in [3.05, 3.63) is 45.4 Å². The Hall–Kier alpha value is -2.57. The Morgan fingerprint density at radius 3 is 2.68 bits per heavy atom. The van der Waals surface area contributed by atoms with Crippen molar-refractivity contribution in [2.24, 2.45) is 18.4 Å². The molecule has 0 saturated heterocycles. The zero-order chi connectivity index (χ0) is 20.4. The molecule has 1 saturated carbocycles. The van der Waals surface area contributed by atoms with Crippen molar-refractivity contribution in [2.75, 3.05) is 0 Å². The normalized spacial score (nSPS) is 22.2. The summed E-state index contributed by atoms with van der Waals surface area (Å²) in [4.78, 5) is 30.4. The third kappa shape index (κ3) is 2.67. The zero-order valence-corrected chi connectivity index (χ0v) is 17.4. The van der Waals surface area contributed by atoms with Crippen LogP contribution >= 0.6 is 0 Å². The fourth-order valence-corrected chi connectivity index (χ4v) is 5.26. The first-order valence-corrected chi connectivity index (χ1v) is 9.95. The lowest BCUT2D eigenvalue weighted by atomic mass is 9.70. The van der Waals surface area contributed by atoms with Gasteiger partial charge in [-0.15, -0.1) is 6.58 Å². The van der Waals surface area contributed by atoms with E-state index in [9.17, 15) is 9.59 Å². The summed E-state index contributed by atoms with van der Waals surface area (Å²) in [6, 6.07) is 0.334. The van der Waals surface area contributed by atoms with Gasteiger partial charge in [-0.2, -0.15) is 4.98 Å². The molecule has 1 aliphatic rings.